The van der Waals surface area contributed by atoms with Gasteiger partial charge in [-0.15, -0.1) is 0 Å². The van der Waals surface area contributed by atoms with Gasteiger partial charge in [0.1, 0.15) is 11.5 Å². The number of hydrogen-bond donors (Lipinski definition) is 2. The smallest absolute Gasteiger partial charge is 0.132 e. The van der Waals surface area contributed by atoms with E-state index in [0.29, 0.717) is 5.75 Å². The van der Waals surface area contributed by atoms with E-state index < -0.39 is 0 Å². The monoisotopic (exact) mass is 243 g/mol. The maximum Gasteiger partial charge on any atom is 0.132 e. The number of benzene rings is 2. The number of aliphatic hydroxyl groups is 1. The highest BCUT2D eigenvalue weighted by atomic mass is 16.5. The Kier molecular flexibility index (Phi) is 3.97. The third-order valence-corrected chi connectivity index (χ3v) is 2.78. The highest BCUT2D eigenvalue weighted by molar-refractivity contribution is 5.38. The first-order chi connectivity index (χ1) is 8.70. The van der Waals surface area contributed by atoms with Crippen molar-refractivity contribution in [3.05, 3.63) is 59.7 Å². The van der Waals surface area contributed by atoms with Crippen molar-refractivity contribution in [3.8, 4) is 11.5 Å². The van der Waals surface area contributed by atoms with E-state index in [1.807, 2.05) is 55.5 Å². The zero-order chi connectivity index (χ0) is 13.0. The Hall–Kier alpha value is -1.84. The number of nitrogens with two attached hydrogens (primary N) is 1. The van der Waals surface area contributed by atoms with Gasteiger partial charge in [0, 0.05) is 11.6 Å². The van der Waals surface area contributed by atoms with E-state index in [2.05, 4.69) is 0 Å². The maximum absolute atomic E-state index is 9.22. The van der Waals surface area contributed by atoms with Crippen molar-refractivity contribution in [2.45, 2.75) is 19.6 Å². The summed E-state index contributed by atoms with van der Waals surface area (Å²) < 4.78 is 5.73. The number of para-hydroxylation sites is 1. The van der Waals surface area contributed by atoms with E-state index >= 15 is 0 Å². The molecule has 0 radical (unpaired) electrons. The molecule has 3 heteroatoms. The van der Waals surface area contributed by atoms with Crippen LogP contribution < -0.4 is 10.5 Å². The van der Waals surface area contributed by atoms with Gasteiger partial charge in [-0.2, -0.15) is 0 Å². The molecule has 1 atom stereocenters. The van der Waals surface area contributed by atoms with E-state index in [1.165, 1.54) is 0 Å². The van der Waals surface area contributed by atoms with Crippen LogP contribution in [0.5, 0.6) is 11.5 Å². The number of ether oxygens (including phenoxy) is 1. The van der Waals surface area contributed by atoms with Gasteiger partial charge in [0.25, 0.3) is 0 Å². The maximum atomic E-state index is 9.22. The topological polar surface area (TPSA) is 55.5 Å². The van der Waals surface area contributed by atoms with Crippen LogP contribution in [0, 0.1) is 0 Å². The van der Waals surface area contributed by atoms with Crippen molar-refractivity contribution in [2.24, 2.45) is 5.73 Å². The summed E-state index contributed by atoms with van der Waals surface area (Å²) in [5, 5.41) is 9.22. The Morgan fingerprint density at radius 3 is 2.39 bits per heavy atom. The van der Waals surface area contributed by atoms with Gasteiger partial charge >= 0.3 is 0 Å². The van der Waals surface area contributed by atoms with Gasteiger partial charge in [-0.05, 0) is 30.7 Å². The molecule has 2 aromatic carbocycles. The van der Waals surface area contributed by atoms with Crippen molar-refractivity contribution < 1.29 is 9.84 Å². The fourth-order valence-electron chi connectivity index (χ4n) is 1.70. The highest BCUT2D eigenvalue weighted by Gasteiger charge is 2.04. The number of rotatable bonds is 4. The van der Waals surface area contributed by atoms with Gasteiger partial charge in [0.2, 0.25) is 0 Å². The van der Waals surface area contributed by atoms with Gasteiger partial charge < -0.3 is 15.6 Å². The predicted octanol–water partition coefficient (Wildman–Crippen LogP) is 2.99. The third-order valence-electron chi connectivity index (χ3n) is 2.78. The van der Waals surface area contributed by atoms with Crippen LogP contribution in [0.25, 0.3) is 0 Å². The minimum absolute atomic E-state index is 0.0174. The molecule has 2 rings (SSSR count). The molecule has 3 nitrogen and oxygen atoms in total. The molecule has 0 heterocycles. The van der Waals surface area contributed by atoms with Gasteiger partial charge in [-0.1, -0.05) is 30.3 Å². The molecule has 0 fully saturated rings. The first-order valence-corrected chi connectivity index (χ1v) is 5.93. The summed E-state index contributed by atoms with van der Waals surface area (Å²) in [7, 11) is 0. The fourth-order valence-corrected chi connectivity index (χ4v) is 1.70. The van der Waals surface area contributed by atoms with Crippen LogP contribution in [-0.2, 0) is 6.61 Å². The molecule has 94 valence electrons. The summed E-state index contributed by atoms with van der Waals surface area (Å²) in [4.78, 5) is 0. The lowest BCUT2D eigenvalue weighted by atomic mass is 10.1. The second kappa shape index (κ2) is 5.67. The molecule has 3 N–H and O–H groups in total. The molecule has 0 aromatic heterocycles. The zero-order valence-electron chi connectivity index (χ0n) is 10.3. The van der Waals surface area contributed by atoms with Crippen LogP contribution in [-0.4, -0.2) is 5.11 Å². The molecule has 0 aliphatic heterocycles. The zero-order valence-corrected chi connectivity index (χ0v) is 10.3. The quantitative estimate of drug-likeness (QED) is 0.868. The molecular formula is C15H17NO2. The average molecular weight is 243 g/mol. The van der Waals surface area contributed by atoms with Crippen LogP contribution in [0.1, 0.15) is 24.1 Å². The molecule has 0 aliphatic rings. The Morgan fingerprint density at radius 2 is 1.78 bits per heavy atom. The van der Waals surface area contributed by atoms with E-state index in [-0.39, 0.29) is 12.6 Å². The van der Waals surface area contributed by atoms with Gasteiger partial charge in [-0.3, -0.25) is 0 Å². The molecule has 0 aliphatic carbocycles. The second-order valence-electron chi connectivity index (χ2n) is 4.23. The van der Waals surface area contributed by atoms with Crippen LogP contribution >= 0.6 is 0 Å². The first kappa shape index (κ1) is 12.6. The van der Waals surface area contributed by atoms with Crippen LogP contribution in [0.4, 0.5) is 0 Å². The highest BCUT2D eigenvalue weighted by Crippen LogP contribution is 2.26. The minimum Gasteiger partial charge on any atom is -0.457 e. The molecule has 0 saturated heterocycles. The predicted molar refractivity (Wildman–Crippen MR) is 71.5 cm³/mol. The Labute approximate surface area is 107 Å². The largest absolute Gasteiger partial charge is 0.457 e. The average Bonchev–Trinajstić information content (AvgIpc) is 2.40. The fraction of sp³-hybridized carbons (Fsp3) is 0.200. The molecule has 0 bridgehead atoms. The van der Waals surface area contributed by atoms with E-state index in [9.17, 15) is 5.11 Å². The van der Waals surface area contributed by atoms with Gasteiger partial charge in [0.15, 0.2) is 0 Å². The lowest BCUT2D eigenvalue weighted by molar-refractivity contribution is 0.276. The Bertz CT molecular complexity index is 506. The summed E-state index contributed by atoms with van der Waals surface area (Å²) in [5.41, 5.74) is 7.63. The van der Waals surface area contributed by atoms with Crippen LogP contribution in [0.2, 0.25) is 0 Å². The minimum atomic E-state index is -0.0336. The van der Waals surface area contributed by atoms with Crippen LogP contribution in [0.3, 0.4) is 0 Å². The van der Waals surface area contributed by atoms with Crippen molar-refractivity contribution in [2.75, 3.05) is 0 Å². The Balaban J connectivity index is 2.18. The SMILES string of the molecule is CC(N)c1ccc(Oc2ccccc2CO)cc1. The Morgan fingerprint density at radius 1 is 1.11 bits per heavy atom. The van der Waals surface area contributed by atoms with E-state index in [4.69, 9.17) is 10.5 Å². The molecule has 0 saturated carbocycles. The van der Waals surface area contributed by atoms with Crippen molar-refractivity contribution in [1.29, 1.82) is 0 Å². The lowest BCUT2D eigenvalue weighted by Crippen LogP contribution is -2.04. The third kappa shape index (κ3) is 2.88. The van der Waals surface area contributed by atoms with Gasteiger partial charge in [0.05, 0.1) is 6.61 Å². The normalized spacial score (nSPS) is 12.2. The summed E-state index contributed by atoms with van der Waals surface area (Å²) >= 11 is 0. The lowest BCUT2D eigenvalue weighted by Gasteiger charge is -2.11. The first-order valence-electron chi connectivity index (χ1n) is 5.93. The van der Waals surface area contributed by atoms with Crippen molar-refractivity contribution in [1.82, 2.24) is 0 Å². The molecule has 1 unspecified atom stereocenters. The second-order valence-corrected chi connectivity index (χ2v) is 4.23. The summed E-state index contributed by atoms with van der Waals surface area (Å²) in [5.74, 6) is 1.41. The molecule has 0 amide bonds. The molecule has 2 aromatic rings. The van der Waals surface area contributed by atoms with Crippen LogP contribution in [0.15, 0.2) is 48.5 Å². The summed E-state index contributed by atoms with van der Waals surface area (Å²) in [6, 6.07) is 15.1. The summed E-state index contributed by atoms with van der Waals surface area (Å²) in [6.45, 7) is 1.91. The number of aliphatic hydroxyl groups excluding tert-OH is 1. The summed E-state index contributed by atoms with van der Waals surface area (Å²) in [6.07, 6.45) is 0. The van der Waals surface area contributed by atoms with E-state index in [0.717, 1.165) is 16.9 Å². The number of hydrogen-bond acceptors (Lipinski definition) is 3. The van der Waals surface area contributed by atoms with Crippen molar-refractivity contribution in [3.63, 3.8) is 0 Å². The molecule has 18 heavy (non-hydrogen) atoms. The standard InChI is InChI=1S/C15H17NO2/c1-11(16)12-6-8-14(9-7-12)18-15-5-3-2-4-13(15)10-17/h2-9,11,17H,10,16H2,1H3. The molecular weight excluding hydrogens is 226 g/mol. The van der Waals surface area contributed by atoms with Gasteiger partial charge in [-0.25, -0.2) is 0 Å². The van der Waals surface area contributed by atoms with E-state index in [1.54, 1.807) is 0 Å². The van der Waals surface area contributed by atoms with Crippen molar-refractivity contribution >= 4 is 0 Å². The molecule has 0 spiro atoms.